The van der Waals surface area contributed by atoms with Crippen LogP contribution in [-0.2, 0) is 19.5 Å². The number of nitrogens with one attached hydrogen (secondary N) is 1. The maximum atomic E-state index is 3.44. The zero-order valence-corrected chi connectivity index (χ0v) is 12.5. The first kappa shape index (κ1) is 12.4. The van der Waals surface area contributed by atoms with Crippen molar-refractivity contribution < 1.29 is 0 Å². The number of hydrogen-bond donors (Lipinski definition) is 1. The van der Waals surface area contributed by atoms with Crippen LogP contribution in [0.4, 0.5) is 5.69 Å². The van der Waals surface area contributed by atoms with Gasteiger partial charge < -0.3 is 5.32 Å². The van der Waals surface area contributed by atoms with Crippen LogP contribution in [0, 0.1) is 0 Å². The van der Waals surface area contributed by atoms with E-state index in [1.54, 1.807) is 11.3 Å². The lowest BCUT2D eigenvalue weighted by Gasteiger charge is -2.22. The van der Waals surface area contributed by atoms with Crippen LogP contribution in [0.15, 0.2) is 35.0 Å². The van der Waals surface area contributed by atoms with Crippen LogP contribution in [0.2, 0.25) is 0 Å². The summed E-state index contributed by atoms with van der Waals surface area (Å²) in [6.07, 6.45) is 3.92. The Kier molecular flexibility index (Phi) is 3.25. The molecule has 0 spiro atoms. The molecule has 0 atom stereocenters. The third kappa shape index (κ3) is 2.60. The Labute approximate surface area is 124 Å². The third-order valence-corrected chi connectivity index (χ3v) is 5.03. The smallest absolute Gasteiger partial charge is 0.0373 e. The van der Waals surface area contributed by atoms with Crippen LogP contribution in [0.3, 0.4) is 0 Å². The highest BCUT2D eigenvalue weighted by Crippen LogP contribution is 2.31. The van der Waals surface area contributed by atoms with Crippen LogP contribution in [0.1, 0.15) is 29.5 Å². The minimum Gasteiger partial charge on any atom is -0.384 e. The van der Waals surface area contributed by atoms with E-state index in [0.717, 1.165) is 25.7 Å². The molecule has 1 N–H and O–H groups in total. The van der Waals surface area contributed by atoms with Crippen molar-refractivity contribution in [3.63, 3.8) is 0 Å². The summed E-state index contributed by atoms with van der Waals surface area (Å²) in [6, 6.07) is 10.0. The highest BCUT2D eigenvalue weighted by atomic mass is 32.1. The van der Waals surface area contributed by atoms with E-state index in [1.165, 1.54) is 41.6 Å². The van der Waals surface area contributed by atoms with Crippen LogP contribution in [0.25, 0.3) is 0 Å². The molecule has 4 rings (SSSR count). The van der Waals surface area contributed by atoms with Crippen LogP contribution in [-0.4, -0.2) is 17.5 Å². The summed E-state index contributed by atoms with van der Waals surface area (Å²) in [7, 11) is 0. The maximum absolute atomic E-state index is 3.44. The van der Waals surface area contributed by atoms with Gasteiger partial charge in [-0.3, -0.25) is 4.90 Å². The average Bonchev–Trinajstić information content (AvgIpc) is 2.99. The van der Waals surface area contributed by atoms with Crippen molar-refractivity contribution in [1.82, 2.24) is 4.90 Å². The number of thiophene rings is 1. The number of fused-ring (bicyclic) bond motifs is 1. The van der Waals surface area contributed by atoms with Crippen molar-refractivity contribution in [2.24, 2.45) is 0 Å². The Morgan fingerprint density at radius 1 is 1.15 bits per heavy atom. The van der Waals surface area contributed by atoms with E-state index in [9.17, 15) is 0 Å². The van der Waals surface area contributed by atoms with Gasteiger partial charge in [0.05, 0.1) is 0 Å². The molecule has 1 aliphatic heterocycles. The number of anilines is 1. The van der Waals surface area contributed by atoms with E-state index in [0.29, 0.717) is 0 Å². The van der Waals surface area contributed by atoms with Crippen molar-refractivity contribution in [2.75, 3.05) is 11.9 Å². The van der Waals surface area contributed by atoms with Gasteiger partial charge in [0.2, 0.25) is 0 Å². The van der Waals surface area contributed by atoms with Crippen LogP contribution >= 0.6 is 11.3 Å². The molecule has 1 saturated carbocycles. The van der Waals surface area contributed by atoms with Gasteiger partial charge in [0.15, 0.2) is 0 Å². The van der Waals surface area contributed by atoms with Gasteiger partial charge in [0.1, 0.15) is 0 Å². The fourth-order valence-corrected chi connectivity index (χ4v) is 3.72. The second kappa shape index (κ2) is 5.23. The summed E-state index contributed by atoms with van der Waals surface area (Å²) in [4.78, 5) is 2.64. The predicted octanol–water partition coefficient (Wildman–Crippen LogP) is 3.88. The summed E-state index contributed by atoms with van der Waals surface area (Å²) < 4.78 is 0. The minimum absolute atomic E-state index is 0.807. The fourth-order valence-electron chi connectivity index (χ4n) is 3.06. The fraction of sp³-hybridized carbons (Fsp3) is 0.412. The zero-order valence-electron chi connectivity index (χ0n) is 11.6. The van der Waals surface area contributed by atoms with E-state index in [1.807, 2.05) is 0 Å². The van der Waals surface area contributed by atoms with Gasteiger partial charge in [-0.15, -0.1) is 0 Å². The summed E-state index contributed by atoms with van der Waals surface area (Å²) in [6.45, 7) is 3.29. The van der Waals surface area contributed by atoms with E-state index in [2.05, 4.69) is 45.2 Å². The molecule has 2 nitrogen and oxygen atoms in total. The van der Waals surface area contributed by atoms with Gasteiger partial charge in [0, 0.05) is 31.4 Å². The Morgan fingerprint density at radius 2 is 2.05 bits per heavy atom. The molecular weight excluding hydrogens is 264 g/mol. The Hall–Kier alpha value is -1.32. The molecule has 20 heavy (non-hydrogen) atoms. The van der Waals surface area contributed by atoms with Crippen molar-refractivity contribution in [2.45, 2.75) is 38.4 Å². The molecule has 0 saturated heterocycles. The molecule has 0 amide bonds. The Balaban J connectivity index is 1.50. The third-order valence-electron chi connectivity index (χ3n) is 4.29. The molecule has 2 heterocycles. The Morgan fingerprint density at radius 3 is 2.85 bits per heavy atom. The van der Waals surface area contributed by atoms with Gasteiger partial charge in [0.25, 0.3) is 0 Å². The van der Waals surface area contributed by atoms with Crippen molar-refractivity contribution in [1.29, 1.82) is 0 Å². The minimum atomic E-state index is 0.807. The second-order valence-electron chi connectivity index (χ2n) is 5.94. The molecule has 1 aliphatic carbocycles. The predicted molar refractivity (Wildman–Crippen MR) is 85.2 cm³/mol. The normalized spacial score (nSPS) is 17.2. The summed E-state index contributed by atoms with van der Waals surface area (Å²) in [5, 5.41) is 7.90. The molecule has 104 valence electrons. The SMILES string of the molecule is c1cc(CN(Cc2ccc3c(c2)CCN3)C2CC2)cs1. The van der Waals surface area contributed by atoms with Crippen molar-refractivity contribution >= 4 is 17.0 Å². The second-order valence-corrected chi connectivity index (χ2v) is 6.72. The molecule has 2 aromatic rings. The van der Waals surface area contributed by atoms with Gasteiger partial charge in [-0.05, 0) is 58.8 Å². The lowest BCUT2D eigenvalue weighted by atomic mass is 10.1. The average molecular weight is 284 g/mol. The number of hydrogen-bond acceptors (Lipinski definition) is 3. The molecule has 0 unspecified atom stereocenters. The van der Waals surface area contributed by atoms with E-state index >= 15 is 0 Å². The van der Waals surface area contributed by atoms with Crippen LogP contribution in [0.5, 0.6) is 0 Å². The number of nitrogens with zero attached hydrogens (tertiary/aromatic N) is 1. The molecular formula is C17H20N2S. The maximum Gasteiger partial charge on any atom is 0.0373 e. The van der Waals surface area contributed by atoms with Gasteiger partial charge >= 0.3 is 0 Å². The molecule has 1 aromatic heterocycles. The highest BCUT2D eigenvalue weighted by molar-refractivity contribution is 7.07. The first-order chi connectivity index (χ1) is 9.88. The van der Waals surface area contributed by atoms with Gasteiger partial charge in [-0.2, -0.15) is 11.3 Å². The summed E-state index contributed by atoms with van der Waals surface area (Å²) >= 11 is 1.80. The molecule has 0 bridgehead atoms. The Bertz CT molecular complexity index is 587. The molecule has 1 fully saturated rings. The first-order valence-electron chi connectivity index (χ1n) is 7.49. The van der Waals surface area contributed by atoms with E-state index in [-0.39, 0.29) is 0 Å². The molecule has 2 aliphatic rings. The van der Waals surface area contributed by atoms with E-state index < -0.39 is 0 Å². The van der Waals surface area contributed by atoms with Crippen molar-refractivity contribution in [3.8, 4) is 0 Å². The lowest BCUT2D eigenvalue weighted by molar-refractivity contribution is 0.246. The number of rotatable bonds is 5. The largest absolute Gasteiger partial charge is 0.384 e. The quantitative estimate of drug-likeness (QED) is 0.896. The van der Waals surface area contributed by atoms with Crippen LogP contribution < -0.4 is 5.32 Å². The monoisotopic (exact) mass is 284 g/mol. The zero-order chi connectivity index (χ0) is 13.4. The van der Waals surface area contributed by atoms with Gasteiger partial charge in [-0.25, -0.2) is 0 Å². The van der Waals surface area contributed by atoms with Crippen molar-refractivity contribution in [3.05, 3.63) is 51.7 Å². The highest BCUT2D eigenvalue weighted by Gasteiger charge is 2.29. The molecule has 0 radical (unpaired) electrons. The molecule has 1 aromatic carbocycles. The topological polar surface area (TPSA) is 15.3 Å². The van der Waals surface area contributed by atoms with E-state index in [4.69, 9.17) is 0 Å². The molecule has 3 heteroatoms. The summed E-state index contributed by atoms with van der Waals surface area (Å²) in [5.41, 5.74) is 5.76. The lowest BCUT2D eigenvalue weighted by Crippen LogP contribution is -2.24. The number of benzene rings is 1. The van der Waals surface area contributed by atoms with Gasteiger partial charge in [-0.1, -0.05) is 12.1 Å². The summed E-state index contributed by atoms with van der Waals surface area (Å²) in [5.74, 6) is 0. The standard InChI is InChI=1S/C17H20N2S/c1-4-17-15(5-7-18-17)9-13(1)10-19(16-2-3-16)11-14-6-8-20-12-14/h1,4,6,8-9,12,16,18H,2-3,5,7,10-11H2. The first-order valence-corrected chi connectivity index (χ1v) is 8.43.